The number of aryl methyl sites for hydroxylation is 1. The summed E-state index contributed by atoms with van der Waals surface area (Å²) in [6.07, 6.45) is 0. The summed E-state index contributed by atoms with van der Waals surface area (Å²) < 4.78 is 23.9. The van der Waals surface area contributed by atoms with E-state index in [0.717, 1.165) is 11.3 Å². The van der Waals surface area contributed by atoms with Crippen molar-refractivity contribution < 1.29 is 8.42 Å². The lowest BCUT2D eigenvalue weighted by atomic mass is 10.9. The van der Waals surface area contributed by atoms with Crippen LogP contribution in [0.3, 0.4) is 0 Å². The molecule has 5 nitrogen and oxygen atoms in total. The van der Waals surface area contributed by atoms with Crippen molar-refractivity contribution >= 4 is 74.3 Å². The van der Waals surface area contributed by atoms with Crippen LogP contribution in [0.4, 0.5) is 5.13 Å². The summed E-state index contributed by atoms with van der Waals surface area (Å²) in [5, 5.41) is 8.22. The normalized spacial score (nSPS) is 12.9. The maximum Gasteiger partial charge on any atom is 0.271 e. The molecule has 1 N–H and O–H groups in total. The Bertz CT molecular complexity index is 423. The molecule has 0 radical (unpaired) electrons. The lowest BCUT2D eigenvalue weighted by Crippen LogP contribution is -2.25. The molecule has 0 amide bonds. The van der Waals surface area contributed by atoms with Crippen LogP contribution in [0, 0.1) is 6.92 Å². The number of rotatable bonds is 2. The first-order chi connectivity index (χ1) is 6.22. The van der Waals surface area contributed by atoms with E-state index in [9.17, 15) is 8.42 Å². The molecule has 14 heavy (non-hydrogen) atoms. The van der Waals surface area contributed by atoms with Gasteiger partial charge in [0.15, 0.2) is 0 Å². The van der Waals surface area contributed by atoms with Crippen molar-refractivity contribution in [1.29, 1.82) is 0 Å². The summed E-state index contributed by atoms with van der Waals surface area (Å²) in [5.41, 5.74) is 0. The van der Waals surface area contributed by atoms with E-state index in [-0.39, 0.29) is 5.13 Å². The molecule has 0 bridgehead atoms. The molecule has 10 heteroatoms. The third kappa shape index (κ3) is 3.12. The van der Waals surface area contributed by atoms with Gasteiger partial charge in [-0.3, -0.25) is 4.72 Å². The van der Waals surface area contributed by atoms with E-state index in [0.29, 0.717) is 5.01 Å². The third-order valence-electron chi connectivity index (χ3n) is 1.05. The maximum atomic E-state index is 11.5. The van der Waals surface area contributed by atoms with Crippen molar-refractivity contribution in [2.75, 3.05) is 4.72 Å². The molecule has 0 unspecified atom stereocenters. The molecule has 80 valence electrons. The molecule has 0 fully saturated rings. The van der Waals surface area contributed by atoms with Crippen LogP contribution in [0.2, 0.25) is 0 Å². The number of hydrogen-bond donors (Lipinski definition) is 1. The molecule has 0 spiro atoms. The molecule has 0 aliphatic rings. The topological polar surface area (TPSA) is 72.0 Å². The van der Waals surface area contributed by atoms with E-state index in [1.807, 2.05) is 0 Å². The molecular formula is C4H4Br3N3O2S2. The first-order valence-corrected chi connectivity index (χ1v) is 7.79. The minimum absolute atomic E-state index is 0.227. The highest BCUT2D eigenvalue weighted by Crippen LogP contribution is 2.40. The highest BCUT2D eigenvalue weighted by atomic mass is 80.0. The Morgan fingerprint density at radius 3 is 2.29 bits per heavy atom. The van der Waals surface area contributed by atoms with Gasteiger partial charge in [-0.2, -0.15) is 0 Å². The van der Waals surface area contributed by atoms with Gasteiger partial charge >= 0.3 is 0 Å². The number of nitrogens with zero attached hydrogens (tertiary/aromatic N) is 2. The minimum Gasteiger partial charge on any atom is -0.255 e. The number of halogens is 3. The zero-order chi connectivity index (χ0) is 11.0. The molecule has 1 rings (SSSR count). The lowest BCUT2D eigenvalue weighted by Gasteiger charge is -2.12. The van der Waals surface area contributed by atoms with Gasteiger partial charge in [-0.25, -0.2) is 8.42 Å². The molecule has 1 aromatic rings. The van der Waals surface area contributed by atoms with Gasteiger partial charge in [0.1, 0.15) is 5.01 Å². The highest BCUT2D eigenvalue weighted by Gasteiger charge is 2.36. The molecule has 0 saturated heterocycles. The Hall–Kier alpha value is 0.750. The summed E-state index contributed by atoms with van der Waals surface area (Å²) in [6, 6.07) is 0. The van der Waals surface area contributed by atoms with Crippen LogP contribution in [-0.2, 0) is 10.0 Å². The number of sulfonamides is 1. The fourth-order valence-corrected chi connectivity index (χ4v) is 2.56. The summed E-state index contributed by atoms with van der Waals surface area (Å²) in [6.45, 7) is 1.74. The number of nitrogens with one attached hydrogen (secondary N) is 1. The van der Waals surface area contributed by atoms with E-state index in [1.165, 1.54) is 0 Å². The summed E-state index contributed by atoms with van der Waals surface area (Å²) in [4.78, 5) is 0. The second kappa shape index (κ2) is 4.32. The summed E-state index contributed by atoms with van der Waals surface area (Å²) in [7, 11) is -3.63. The molecule has 0 saturated carbocycles. The molecule has 1 aromatic heterocycles. The standard InChI is InChI=1S/C4H4Br3N3O2S2/c1-2-8-9-3(13-2)10-14(11,12)4(5,6)7/h1H3,(H,9,10). The Labute approximate surface area is 110 Å². The zero-order valence-corrected chi connectivity index (χ0v) is 13.1. The Balaban J connectivity index is 2.90. The molecule has 0 aliphatic heterocycles. The maximum absolute atomic E-state index is 11.5. The van der Waals surface area contributed by atoms with Gasteiger partial charge in [-0.15, -0.1) is 10.2 Å². The van der Waals surface area contributed by atoms with Crippen LogP contribution in [0.25, 0.3) is 0 Å². The van der Waals surface area contributed by atoms with Crippen LogP contribution in [0.1, 0.15) is 5.01 Å². The van der Waals surface area contributed by atoms with E-state index in [1.54, 1.807) is 6.92 Å². The van der Waals surface area contributed by atoms with Gasteiger partial charge in [0.05, 0.1) is 0 Å². The van der Waals surface area contributed by atoms with Crippen molar-refractivity contribution in [3.8, 4) is 0 Å². The smallest absolute Gasteiger partial charge is 0.255 e. The fourth-order valence-electron chi connectivity index (χ4n) is 0.511. The van der Waals surface area contributed by atoms with Crippen LogP contribution < -0.4 is 4.72 Å². The third-order valence-corrected chi connectivity index (χ3v) is 6.84. The predicted molar refractivity (Wildman–Crippen MR) is 66.7 cm³/mol. The van der Waals surface area contributed by atoms with Crippen LogP contribution in [-0.4, -0.2) is 20.1 Å². The van der Waals surface area contributed by atoms with Gasteiger partial charge in [-0.1, -0.05) is 11.3 Å². The quantitative estimate of drug-likeness (QED) is 0.733. The SMILES string of the molecule is Cc1nnc(NS(=O)(=O)C(Br)(Br)Br)s1. The van der Waals surface area contributed by atoms with E-state index < -0.39 is 11.5 Å². The predicted octanol–water partition coefficient (Wildman–Crippen LogP) is 2.38. The second-order valence-corrected chi connectivity index (χ2v) is 13.5. The van der Waals surface area contributed by atoms with Gasteiger partial charge in [-0.05, 0) is 54.7 Å². The van der Waals surface area contributed by atoms with E-state index >= 15 is 0 Å². The van der Waals surface area contributed by atoms with Gasteiger partial charge < -0.3 is 0 Å². The van der Waals surface area contributed by atoms with Gasteiger partial charge in [0.2, 0.25) is 5.13 Å². The van der Waals surface area contributed by atoms with Gasteiger partial charge in [0, 0.05) is 0 Å². The Morgan fingerprint density at radius 1 is 1.36 bits per heavy atom. The Kier molecular flexibility index (Phi) is 3.95. The number of anilines is 1. The number of hydrogen-bond acceptors (Lipinski definition) is 5. The number of alkyl halides is 3. The van der Waals surface area contributed by atoms with Crippen LogP contribution in [0.15, 0.2) is 0 Å². The first-order valence-electron chi connectivity index (χ1n) is 3.11. The van der Waals surface area contributed by atoms with Gasteiger partial charge in [0.25, 0.3) is 11.5 Å². The van der Waals surface area contributed by atoms with Crippen molar-refractivity contribution in [1.82, 2.24) is 10.2 Å². The van der Waals surface area contributed by atoms with Crippen molar-refractivity contribution in [2.24, 2.45) is 0 Å². The van der Waals surface area contributed by atoms with Crippen molar-refractivity contribution in [3.05, 3.63) is 5.01 Å². The van der Waals surface area contributed by atoms with Crippen molar-refractivity contribution in [2.45, 2.75) is 8.40 Å². The molecule has 0 aliphatic carbocycles. The highest BCUT2D eigenvalue weighted by molar-refractivity contribution is 9.42. The molecule has 0 atom stereocenters. The number of aromatic nitrogens is 2. The van der Waals surface area contributed by atoms with E-state index in [2.05, 4.69) is 62.7 Å². The minimum atomic E-state index is -3.63. The average Bonchev–Trinajstić information content (AvgIpc) is 2.31. The van der Waals surface area contributed by atoms with Crippen LogP contribution in [0.5, 0.6) is 0 Å². The summed E-state index contributed by atoms with van der Waals surface area (Å²) >= 11 is 9.87. The largest absolute Gasteiger partial charge is 0.271 e. The zero-order valence-electron chi connectivity index (χ0n) is 6.66. The van der Waals surface area contributed by atoms with Crippen LogP contribution >= 0.6 is 59.1 Å². The second-order valence-electron chi connectivity index (χ2n) is 2.18. The van der Waals surface area contributed by atoms with E-state index in [4.69, 9.17) is 0 Å². The average molecular weight is 430 g/mol. The summed E-state index contributed by atoms with van der Waals surface area (Å²) in [5.74, 6) is 0. The van der Waals surface area contributed by atoms with Crippen molar-refractivity contribution in [3.63, 3.8) is 0 Å². The molecule has 0 aromatic carbocycles. The lowest BCUT2D eigenvalue weighted by molar-refractivity contribution is 0.603. The molecule has 1 heterocycles. The fraction of sp³-hybridized carbons (Fsp3) is 0.500. The first kappa shape index (κ1) is 12.8. The monoisotopic (exact) mass is 427 g/mol. The molecular weight excluding hydrogens is 426 g/mol. The Morgan fingerprint density at radius 2 is 1.93 bits per heavy atom.